The lowest BCUT2D eigenvalue weighted by Crippen LogP contribution is -2.44. The second kappa shape index (κ2) is 11.9. The molecule has 0 radical (unpaired) electrons. The van der Waals surface area contributed by atoms with Crippen molar-refractivity contribution in [3.05, 3.63) is 57.5 Å². The number of carbonyl (C=O) groups is 1. The Bertz CT molecular complexity index is 1860. The summed E-state index contributed by atoms with van der Waals surface area (Å²) in [7, 11) is 3.45. The fourth-order valence-electron chi connectivity index (χ4n) is 8.98. The number of nitrogens with zero attached hydrogens (tertiary/aromatic N) is 8. The predicted octanol–water partition coefficient (Wildman–Crippen LogP) is 4.06. The number of amides is 1. The Balaban J connectivity index is 1.19. The summed E-state index contributed by atoms with van der Waals surface area (Å²) < 4.78 is 29.9. The lowest BCUT2D eigenvalue weighted by Gasteiger charge is -2.45. The van der Waals surface area contributed by atoms with E-state index in [2.05, 4.69) is 27.9 Å². The van der Waals surface area contributed by atoms with E-state index in [0.29, 0.717) is 62.6 Å². The number of alkyl halides is 1. The van der Waals surface area contributed by atoms with Crippen LogP contribution in [-0.2, 0) is 36.5 Å². The minimum atomic E-state index is -0.859. The van der Waals surface area contributed by atoms with Gasteiger partial charge in [0.1, 0.15) is 30.3 Å². The van der Waals surface area contributed by atoms with Crippen LogP contribution >= 0.6 is 0 Å². The van der Waals surface area contributed by atoms with Gasteiger partial charge in [0.25, 0.3) is 5.91 Å². The number of halogens is 1. The predicted molar refractivity (Wildman–Crippen MR) is 180 cm³/mol. The fraction of sp³-hybridized carbons (Fsp3) is 0.583. The minimum Gasteiger partial charge on any atom is -0.461 e. The number of carbonyl (C=O) groups excluding carboxylic acids is 1. The van der Waals surface area contributed by atoms with Crippen molar-refractivity contribution >= 4 is 17.4 Å². The number of nitriles is 1. The van der Waals surface area contributed by atoms with E-state index < -0.39 is 11.8 Å². The molecule has 4 atom stereocenters. The van der Waals surface area contributed by atoms with Crippen LogP contribution in [0.4, 0.5) is 15.9 Å². The van der Waals surface area contributed by atoms with Gasteiger partial charge in [-0.1, -0.05) is 13.0 Å². The first-order chi connectivity index (χ1) is 23.6. The van der Waals surface area contributed by atoms with Gasteiger partial charge in [-0.3, -0.25) is 14.4 Å². The molecule has 1 aliphatic carbocycles. The van der Waals surface area contributed by atoms with Crippen molar-refractivity contribution in [3.63, 3.8) is 0 Å². The minimum absolute atomic E-state index is 0.136. The Morgan fingerprint density at radius 2 is 2.08 bits per heavy atom. The number of hydrogen-bond donors (Lipinski definition) is 1. The Hall–Kier alpha value is -4.28. The highest BCUT2D eigenvalue weighted by atomic mass is 19.1. The van der Waals surface area contributed by atoms with Crippen LogP contribution in [0.25, 0.3) is 0 Å². The SMILES string of the molecule is C[C@H]1CC[C@]2(Cc3nc(OCC45CCCN4C[C@H](F)C5)nc(N4CCCn5nc(C(=O)N(C)C)cc5C4)c3CO2)c2c1ccc(N)c2C#N. The zero-order chi connectivity index (χ0) is 34.1. The van der Waals surface area contributed by atoms with Crippen molar-refractivity contribution in [1.82, 2.24) is 29.5 Å². The number of benzene rings is 1. The molecule has 2 aromatic heterocycles. The van der Waals surface area contributed by atoms with Crippen LogP contribution in [0, 0.1) is 11.3 Å². The van der Waals surface area contributed by atoms with Crippen LogP contribution in [0.5, 0.6) is 6.01 Å². The van der Waals surface area contributed by atoms with E-state index >= 15 is 0 Å². The Morgan fingerprint density at radius 1 is 1.22 bits per heavy atom. The maximum Gasteiger partial charge on any atom is 0.318 e. The zero-order valence-corrected chi connectivity index (χ0v) is 28.5. The largest absolute Gasteiger partial charge is 0.461 e. The highest BCUT2D eigenvalue weighted by Crippen LogP contribution is 2.51. The molecule has 3 aromatic rings. The molecule has 6 heterocycles. The number of rotatable bonds is 5. The molecule has 1 spiro atoms. The Morgan fingerprint density at radius 3 is 2.90 bits per heavy atom. The number of hydrogen-bond acceptors (Lipinski definition) is 10. The van der Waals surface area contributed by atoms with E-state index in [0.717, 1.165) is 72.5 Å². The molecule has 49 heavy (non-hydrogen) atoms. The standard InChI is InChI=1S/C36H44FN9O3/c1-22-8-10-36(31-25(22)6-7-28(39)26(31)17-38)16-30-27(20-49-36)32(41-34(40-30)48-21-35-9-4-12-45(35)18-23(37)15-35)44-11-5-13-46-24(19-44)14-29(42-46)33(47)43(2)3/h6-7,14,22-23H,4-5,8-13,15-16,18-21,39H2,1-3H3/t22-,23+,35?,36-/m0/s1. The van der Waals surface area contributed by atoms with Gasteiger partial charge in [0.15, 0.2) is 5.69 Å². The molecule has 258 valence electrons. The number of nitrogens with two attached hydrogens (primary N) is 1. The molecule has 5 aliphatic rings. The maximum absolute atomic E-state index is 14.6. The van der Waals surface area contributed by atoms with Crippen molar-refractivity contribution < 1.29 is 18.7 Å². The number of aryl methyl sites for hydroxylation is 1. The molecule has 2 fully saturated rings. The van der Waals surface area contributed by atoms with Gasteiger partial charge in [0.05, 0.1) is 35.6 Å². The molecule has 8 rings (SSSR count). The summed E-state index contributed by atoms with van der Waals surface area (Å²) in [6, 6.07) is 8.39. The third-order valence-electron chi connectivity index (χ3n) is 11.5. The second-order valence-corrected chi connectivity index (χ2v) is 14.8. The number of fused-ring (bicyclic) bond motifs is 5. The molecular formula is C36H44FN9O3. The van der Waals surface area contributed by atoms with Crippen molar-refractivity contribution in [2.24, 2.45) is 0 Å². The number of ether oxygens (including phenoxy) is 2. The number of anilines is 2. The van der Waals surface area contributed by atoms with Crippen LogP contribution in [-0.4, -0.2) is 87.5 Å². The lowest BCUT2D eigenvalue weighted by molar-refractivity contribution is -0.0873. The van der Waals surface area contributed by atoms with E-state index in [1.807, 2.05) is 22.9 Å². The van der Waals surface area contributed by atoms with Gasteiger partial charge in [-0.2, -0.15) is 20.3 Å². The quantitative estimate of drug-likeness (QED) is 0.396. The van der Waals surface area contributed by atoms with Crippen LogP contribution in [0.3, 0.4) is 0 Å². The van der Waals surface area contributed by atoms with Crippen molar-refractivity contribution in [3.8, 4) is 12.1 Å². The molecule has 1 aromatic carbocycles. The van der Waals surface area contributed by atoms with Gasteiger partial charge in [0, 0.05) is 63.4 Å². The van der Waals surface area contributed by atoms with E-state index in [1.54, 1.807) is 14.1 Å². The summed E-state index contributed by atoms with van der Waals surface area (Å²) in [6.45, 7) is 5.99. The first kappa shape index (κ1) is 32.0. The molecule has 2 saturated heterocycles. The molecule has 13 heteroatoms. The molecule has 1 amide bonds. The average molecular weight is 670 g/mol. The Labute approximate surface area is 286 Å². The first-order valence-corrected chi connectivity index (χ1v) is 17.5. The molecular weight excluding hydrogens is 625 g/mol. The average Bonchev–Trinajstić information content (AvgIpc) is 3.71. The normalized spacial score (nSPS) is 27.5. The van der Waals surface area contributed by atoms with Crippen LogP contribution < -0.4 is 15.4 Å². The van der Waals surface area contributed by atoms with E-state index in [4.69, 9.17) is 25.2 Å². The molecule has 0 bridgehead atoms. The summed E-state index contributed by atoms with van der Waals surface area (Å²) in [4.78, 5) is 28.8. The van der Waals surface area contributed by atoms with Crippen molar-refractivity contribution in [2.45, 2.75) is 94.8 Å². The van der Waals surface area contributed by atoms with Gasteiger partial charge in [-0.05, 0) is 62.3 Å². The topological polar surface area (TPSA) is 139 Å². The van der Waals surface area contributed by atoms with Crippen molar-refractivity contribution in [2.75, 3.05) is 51.0 Å². The number of nitrogen functional groups attached to an aromatic ring is 1. The summed E-state index contributed by atoms with van der Waals surface area (Å²) in [5.41, 5.74) is 11.2. The van der Waals surface area contributed by atoms with Gasteiger partial charge in [0.2, 0.25) is 0 Å². The van der Waals surface area contributed by atoms with E-state index in [1.165, 1.54) is 4.90 Å². The maximum atomic E-state index is 14.6. The van der Waals surface area contributed by atoms with Crippen LogP contribution in [0.1, 0.15) is 95.5 Å². The zero-order valence-electron chi connectivity index (χ0n) is 28.5. The summed E-state index contributed by atoms with van der Waals surface area (Å²) >= 11 is 0. The second-order valence-electron chi connectivity index (χ2n) is 14.8. The summed E-state index contributed by atoms with van der Waals surface area (Å²) in [5.74, 6) is 0.866. The summed E-state index contributed by atoms with van der Waals surface area (Å²) in [6.07, 6.45) is 4.40. The third kappa shape index (κ3) is 5.31. The van der Waals surface area contributed by atoms with E-state index in [-0.39, 0.29) is 30.0 Å². The third-order valence-corrected chi connectivity index (χ3v) is 11.5. The summed E-state index contributed by atoms with van der Waals surface area (Å²) in [5, 5.41) is 14.9. The Kier molecular flexibility index (Phi) is 7.79. The van der Waals surface area contributed by atoms with Gasteiger partial charge in [-0.25, -0.2) is 4.39 Å². The molecule has 1 unspecified atom stereocenters. The fourth-order valence-corrected chi connectivity index (χ4v) is 8.98. The molecule has 4 aliphatic heterocycles. The molecule has 12 nitrogen and oxygen atoms in total. The smallest absolute Gasteiger partial charge is 0.318 e. The van der Waals surface area contributed by atoms with E-state index in [9.17, 15) is 14.4 Å². The monoisotopic (exact) mass is 669 g/mol. The van der Waals surface area contributed by atoms with Gasteiger partial charge >= 0.3 is 6.01 Å². The van der Waals surface area contributed by atoms with Gasteiger partial charge < -0.3 is 25.0 Å². The lowest BCUT2D eigenvalue weighted by atomic mass is 9.69. The highest BCUT2D eigenvalue weighted by molar-refractivity contribution is 5.92. The molecule has 2 N–H and O–H groups in total. The van der Waals surface area contributed by atoms with Gasteiger partial charge in [-0.15, -0.1) is 0 Å². The van der Waals surface area contributed by atoms with Crippen molar-refractivity contribution in [1.29, 1.82) is 5.26 Å². The van der Waals surface area contributed by atoms with Crippen LogP contribution in [0.15, 0.2) is 18.2 Å². The molecule has 0 saturated carbocycles. The van der Waals surface area contributed by atoms with Crippen LogP contribution in [0.2, 0.25) is 0 Å². The highest BCUT2D eigenvalue weighted by Gasteiger charge is 2.50. The number of aromatic nitrogens is 4. The first-order valence-electron chi connectivity index (χ1n) is 17.5.